The summed E-state index contributed by atoms with van der Waals surface area (Å²) in [5.74, 6) is 0.922. The first kappa shape index (κ1) is 20.2. The molecule has 3 heterocycles. The third kappa shape index (κ3) is 5.02. The fourth-order valence-electron chi connectivity index (χ4n) is 4.87. The summed E-state index contributed by atoms with van der Waals surface area (Å²) in [6.45, 7) is 1.42. The second-order valence-electron chi connectivity index (χ2n) is 8.19. The normalized spacial score (nSPS) is 27.7. The van der Waals surface area contributed by atoms with Gasteiger partial charge in [0.05, 0.1) is 0 Å². The molecule has 2 amide bonds. The molecular weight excluding hydrogens is 362 g/mol. The maximum atomic E-state index is 12.7. The summed E-state index contributed by atoms with van der Waals surface area (Å²) in [6, 6.07) is 10.9. The van der Waals surface area contributed by atoms with Gasteiger partial charge in [-0.2, -0.15) is 0 Å². The number of hydrogen-bond donors (Lipinski definition) is 2. The zero-order valence-corrected chi connectivity index (χ0v) is 16.5. The van der Waals surface area contributed by atoms with Gasteiger partial charge in [-0.15, -0.1) is 12.4 Å². The minimum Gasteiger partial charge on any atom is -0.343 e. The van der Waals surface area contributed by atoms with E-state index in [1.54, 1.807) is 0 Å². The molecule has 1 aromatic carbocycles. The number of rotatable bonds is 4. The Labute approximate surface area is 167 Å². The van der Waals surface area contributed by atoms with Crippen molar-refractivity contribution in [1.29, 1.82) is 0 Å². The van der Waals surface area contributed by atoms with Gasteiger partial charge in [-0.25, -0.2) is 0 Å². The molecule has 3 aliphatic heterocycles. The van der Waals surface area contributed by atoms with Gasteiger partial charge in [0.2, 0.25) is 11.8 Å². The summed E-state index contributed by atoms with van der Waals surface area (Å²) in [7, 11) is 0. The molecule has 5 nitrogen and oxygen atoms in total. The number of para-hydroxylation sites is 1. The molecule has 6 heteroatoms. The van der Waals surface area contributed by atoms with Gasteiger partial charge in [0.1, 0.15) is 0 Å². The van der Waals surface area contributed by atoms with Gasteiger partial charge in [-0.1, -0.05) is 18.2 Å². The van der Waals surface area contributed by atoms with Gasteiger partial charge in [0.25, 0.3) is 0 Å². The molecular formula is C21H30ClN3O2. The van der Waals surface area contributed by atoms with Gasteiger partial charge in [-0.05, 0) is 56.6 Å². The number of piperidine rings is 2. The summed E-state index contributed by atoms with van der Waals surface area (Å²) < 4.78 is 0. The topological polar surface area (TPSA) is 61.4 Å². The molecule has 0 spiro atoms. The van der Waals surface area contributed by atoms with E-state index < -0.39 is 0 Å². The van der Waals surface area contributed by atoms with Gasteiger partial charge in [0, 0.05) is 43.2 Å². The van der Waals surface area contributed by atoms with Crippen LogP contribution in [0, 0.1) is 11.8 Å². The van der Waals surface area contributed by atoms with Crippen LogP contribution in [-0.2, 0) is 9.59 Å². The minimum atomic E-state index is 0. The van der Waals surface area contributed by atoms with E-state index in [-0.39, 0.29) is 24.2 Å². The second kappa shape index (κ2) is 9.07. The molecule has 3 saturated heterocycles. The Kier molecular flexibility index (Phi) is 6.77. The van der Waals surface area contributed by atoms with E-state index in [1.807, 2.05) is 35.2 Å². The van der Waals surface area contributed by atoms with Crippen LogP contribution in [0.4, 0.5) is 5.69 Å². The average molecular weight is 392 g/mol. The van der Waals surface area contributed by atoms with Gasteiger partial charge in [0.15, 0.2) is 0 Å². The van der Waals surface area contributed by atoms with Gasteiger partial charge >= 0.3 is 0 Å². The standard InChI is InChI=1S/C21H29N3O2.ClH/c25-20(14-15-12-18-6-7-19(13-15)22-18)24-10-8-16(9-11-24)21(26)23-17-4-2-1-3-5-17;/h1-5,15-16,18-19,22H,6-14H2,(H,23,26);1H. The Balaban J connectivity index is 0.00000210. The van der Waals surface area contributed by atoms with Gasteiger partial charge < -0.3 is 15.5 Å². The monoisotopic (exact) mass is 391 g/mol. The smallest absolute Gasteiger partial charge is 0.227 e. The van der Waals surface area contributed by atoms with Crippen LogP contribution in [0.2, 0.25) is 0 Å². The molecule has 0 aromatic heterocycles. The Morgan fingerprint density at radius 2 is 1.63 bits per heavy atom. The van der Waals surface area contributed by atoms with E-state index >= 15 is 0 Å². The van der Waals surface area contributed by atoms with Crippen molar-refractivity contribution in [1.82, 2.24) is 10.2 Å². The minimum absolute atomic E-state index is 0. The zero-order valence-electron chi connectivity index (χ0n) is 15.7. The average Bonchev–Trinajstić information content (AvgIpc) is 3.01. The first-order chi connectivity index (χ1) is 12.7. The summed E-state index contributed by atoms with van der Waals surface area (Å²) in [5, 5.41) is 6.63. The van der Waals surface area contributed by atoms with Crippen molar-refractivity contribution in [2.45, 2.75) is 57.0 Å². The molecule has 4 rings (SSSR count). The van der Waals surface area contributed by atoms with Crippen molar-refractivity contribution < 1.29 is 9.59 Å². The summed E-state index contributed by atoms with van der Waals surface area (Å²) >= 11 is 0. The number of halogens is 1. The summed E-state index contributed by atoms with van der Waals surface area (Å²) in [4.78, 5) is 27.1. The van der Waals surface area contributed by atoms with E-state index in [0.717, 1.165) is 31.4 Å². The van der Waals surface area contributed by atoms with E-state index in [9.17, 15) is 9.59 Å². The Hall–Kier alpha value is -1.59. The van der Waals surface area contributed by atoms with E-state index in [0.29, 0.717) is 43.4 Å². The number of fused-ring (bicyclic) bond motifs is 2. The van der Waals surface area contributed by atoms with Crippen molar-refractivity contribution in [3.05, 3.63) is 30.3 Å². The zero-order chi connectivity index (χ0) is 17.9. The number of likely N-dealkylation sites (tertiary alicyclic amines) is 1. The van der Waals surface area contributed by atoms with Crippen LogP contribution in [0.15, 0.2) is 30.3 Å². The first-order valence-corrected chi connectivity index (χ1v) is 10.1. The number of benzene rings is 1. The predicted octanol–water partition coefficient (Wildman–Crippen LogP) is 3.21. The molecule has 0 aliphatic carbocycles. The highest BCUT2D eigenvalue weighted by Crippen LogP contribution is 2.33. The van der Waals surface area contributed by atoms with Crippen LogP contribution in [0.5, 0.6) is 0 Å². The number of anilines is 1. The number of carbonyl (C=O) groups excluding carboxylic acids is 2. The van der Waals surface area contributed by atoms with E-state index in [2.05, 4.69) is 10.6 Å². The van der Waals surface area contributed by atoms with Crippen LogP contribution in [-0.4, -0.2) is 41.9 Å². The lowest BCUT2D eigenvalue weighted by Crippen LogP contribution is -2.44. The molecule has 0 radical (unpaired) electrons. The lowest BCUT2D eigenvalue weighted by Gasteiger charge is -2.34. The number of carbonyl (C=O) groups is 2. The van der Waals surface area contributed by atoms with Crippen LogP contribution >= 0.6 is 12.4 Å². The van der Waals surface area contributed by atoms with E-state index in [1.165, 1.54) is 12.8 Å². The quantitative estimate of drug-likeness (QED) is 0.828. The van der Waals surface area contributed by atoms with Crippen LogP contribution in [0.25, 0.3) is 0 Å². The number of nitrogens with zero attached hydrogens (tertiary/aromatic N) is 1. The Morgan fingerprint density at radius 3 is 2.26 bits per heavy atom. The maximum Gasteiger partial charge on any atom is 0.227 e. The maximum absolute atomic E-state index is 12.7. The lowest BCUT2D eigenvalue weighted by atomic mass is 9.88. The second-order valence-corrected chi connectivity index (χ2v) is 8.19. The molecule has 1 aromatic rings. The molecule has 0 saturated carbocycles. The molecule has 3 aliphatic rings. The van der Waals surface area contributed by atoms with Gasteiger partial charge in [-0.3, -0.25) is 9.59 Å². The van der Waals surface area contributed by atoms with Crippen molar-refractivity contribution in [3.63, 3.8) is 0 Å². The highest BCUT2D eigenvalue weighted by atomic mass is 35.5. The fourth-order valence-corrected chi connectivity index (χ4v) is 4.87. The third-order valence-electron chi connectivity index (χ3n) is 6.29. The molecule has 3 fully saturated rings. The Bertz CT molecular complexity index is 634. The van der Waals surface area contributed by atoms with Crippen LogP contribution in [0.1, 0.15) is 44.9 Å². The number of hydrogen-bond acceptors (Lipinski definition) is 3. The third-order valence-corrected chi connectivity index (χ3v) is 6.29. The first-order valence-electron chi connectivity index (χ1n) is 10.1. The molecule has 2 atom stereocenters. The van der Waals surface area contributed by atoms with Crippen molar-refractivity contribution in [2.75, 3.05) is 18.4 Å². The largest absolute Gasteiger partial charge is 0.343 e. The predicted molar refractivity (Wildman–Crippen MR) is 109 cm³/mol. The summed E-state index contributed by atoms with van der Waals surface area (Å²) in [5.41, 5.74) is 0.844. The number of nitrogens with one attached hydrogen (secondary N) is 2. The van der Waals surface area contributed by atoms with E-state index in [4.69, 9.17) is 0 Å². The molecule has 2 bridgehead atoms. The molecule has 148 valence electrons. The van der Waals surface area contributed by atoms with Crippen LogP contribution in [0.3, 0.4) is 0 Å². The molecule has 27 heavy (non-hydrogen) atoms. The van der Waals surface area contributed by atoms with Crippen molar-refractivity contribution in [3.8, 4) is 0 Å². The lowest BCUT2D eigenvalue weighted by molar-refractivity contribution is -0.135. The molecule has 2 unspecified atom stereocenters. The fraction of sp³-hybridized carbons (Fsp3) is 0.619. The Morgan fingerprint density at radius 1 is 1.00 bits per heavy atom. The molecule has 2 N–H and O–H groups in total. The van der Waals surface area contributed by atoms with Crippen molar-refractivity contribution >= 4 is 29.9 Å². The van der Waals surface area contributed by atoms with Crippen molar-refractivity contribution in [2.24, 2.45) is 11.8 Å². The van der Waals surface area contributed by atoms with Crippen LogP contribution < -0.4 is 10.6 Å². The highest BCUT2D eigenvalue weighted by Gasteiger charge is 2.35. The highest BCUT2D eigenvalue weighted by molar-refractivity contribution is 5.92. The number of amides is 2. The summed E-state index contributed by atoms with van der Waals surface area (Å²) in [6.07, 6.45) is 7.07. The SMILES string of the molecule is Cl.O=C(Nc1ccccc1)C1CCN(C(=O)CC2CC3CCC(C2)N3)CC1.